The first-order chi connectivity index (χ1) is 13.5. The molecule has 1 aliphatic rings. The molecule has 1 fully saturated rings. The Hall–Kier alpha value is -2.29. The molecule has 0 saturated carbocycles. The third-order valence-corrected chi connectivity index (χ3v) is 5.76. The zero-order valence-electron chi connectivity index (χ0n) is 15.9. The first kappa shape index (κ1) is 20.4. The lowest BCUT2D eigenvalue weighted by Gasteiger charge is -2.40. The molecule has 3 heterocycles. The molecule has 0 amide bonds. The van der Waals surface area contributed by atoms with E-state index in [0.29, 0.717) is 29.2 Å². The second-order valence-corrected chi connectivity index (χ2v) is 7.74. The van der Waals surface area contributed by atoms with Gasteiger partial charge in [0.15, 0.2) is 0 Å². The van der Waals surface area contributed by atoms with E-state index < -0.39 is 12.1 Å². The molecular weight excluding hydrogens is 382 g/mol. The largest absolute Gasteiger partial charge is 0.353 e. The normalized spacial score (nSPS) is 20.2. The summed E-state index contributed by atoms with van der Waals surface area (Å²) in [5.41, 5.74) is 0.624. The van der Waals surface area contributed by atoms with E-state index in [1.807, 2.05) is 17.8 Å². The van der Waals surface area contributed by atoms with E-state index >= 15 is 0 Å². The maximum atomic E-state index is 12.4. The lowest BCUT2D eigenvalue weighted by molar-refractivity contribution is 0.226. The quantitative estimate of drug-likeness (QED) is 0.676. The van der Waals surface area contributed by atoms with Crippen molar-refractivity contribution in [2.75, 3.05) is 23.5 Å². The molecule has 0 spiro atoms. The number of hydrogen-bond donors (Lipinski definition) is 2. The SMILES string of the molecule is CSCC1CCCN(c2cc(-c3cnc(/C=C\C(=N)C(F)F)[nH]3)ncn2)C1C. The number of nitrogens with zero attached hydrogens (tertiary/aromatic N) is 4. The summed E-state index contributed by atoms with van der Waals surface area (Å²) in [5, 5.41) is 7.16. The van der Waals surface area contributed by atoms with Crippen molar-refractivity contribution in [2.24, 2.45) is 5.92 Å². The van der Waals surface area contributed by atoms with Gasteiger partial charge in [0.1, 0.15) is 18.0 Å². The molecule has 0 aliphatic carbocycles. The minimum absolute atomic E-state index is 0.395. The molecule has 1 aliphatic heterocycles. The molecule has 9 heteroatoms. The van der Waals surface area contributed by atoms with Gasteiger partial charge in [0.2, 0.25) is 0 Å². The Balaban J connectivity index is 1.77. The average molecular weight is 407 g/mol. The van der Waals surface area contributed by atoms with Gasteiger partial charge in [0, 0.05) is 18.7 Å². The molecule has 2 atom stereocenters. The zero-order chi connectivity index (χ0) is 20.1. The van der Waals surface area contributed by atoms with Crippen molar-refractivity contribution in [1.82, 2.24) is 19.9 Å². The van der Waals surface area contributed by atoms with Crippen LogP contribution < -0.4 is 4.90 Å². The molecule has 6 nitrogen and oxygen atoms in total. The fourth-order valence-electron chi connectivity index (χ4n) is 3.43. The summed E-state index contributed by atoms with van der Waals surface area (Å²) in [6.45, 7) is 3.22. The predicted molar refractivity (Wildman–Crippen MR) is 110 cm³/mol. The van der Waals surface area contributed by atoms with Gasteiger partial charge >= 0.3 is 0 Å². The van der Waals surface area contributed by atoms with Gasteiger partial charge < -0.3 is 9.88 Å². The Morgan fingerprint density at radius 2 is 2.25 bits per heavy atom. The lowest BCUT2D eigenvalue weighted by Crippen LogP contribution is -2.44. The van der Waals surface area contributed by atoms with Gasteiger partial charge in [0.25, 0.3) is 6.43 Å². The van der Waals surface area contributed by atoms with Crippen molar-refractivity contribution in [3.05, 3.63) is 30.5 Å². The predicted octanol–water partition coefficient (Wildman–Crippen LogP) is 4.13. The highest BCUT2D eigenvalue weighted by molar-refractivity contribution is 7.98. The van der Waals surface area contributed by atoms with E-state index in [9.17, 15) is 8.78 Å². The highest BCUT2D eigenvalue weighted by Gasteiger charge is 2.28. The van der Waals surface area contributed by atoms with E-state index in [-0.39, 0.29) is 0 Å². The van der Waals surface area contributed by atoms with E-state index in [1.54, 1.807) is 12.5 Å². The number of thioether (sulfide) groups is 1. The smallest absolute Gasteiger partial charge is 0.279 e. The topological polar surface area (TPSA) is 81.5 Å². The highest BCUT2D eigenvalue weighted by atomic mass is 32.2. The van der Waals surface area contributed by atoms with Crippen molar-refractivity contribution in [2.45, 2.75) is 32.2 Å². The van der Waals surface area contributed by atoms with E-state index in [1.165, 1.54) is 12.5 Å². The maximum absolute atomic E-state index is 12.4. The Bertz CT molecular complexity index is 835. The van der Waals surface area contributed by atoms with Gasteiger partial charge in [-0.15, -0.1) is 0 Å². The van der Waals surface area contributed by atoms with E-state index in [0.717, 1.165) is 30.6 Å². The van der Waals surface area contributed by atoms with Crippen molar-refractivity contribution >= 4 is 29.4 Å². The van der Waals surface area contributed by atoms with Gasteiger partial charge in [-0.3, -0.25) is 5.41 Å². The van der Waals surface area contributed by atoms with Crippen LogP contribution in [0.4, 0.5) is 14.6 Å². The molecular formula is C19H24F2N6S. The number of halogens is 2. The first-order valence-electron chi connectivity index (χ1n) is 9.17. The molecule has 0 radical (unpaired) electrons. The fraction of sp³-hybridized carbons (Fsp3) is 0.474. The van der Waals surface area contributed by atoms with E-state index in [2.05, 4.69) is 38.0 Å². The number of rotatable bonds is 7. The van der Waals surface area contributed by atoms with Crippen LogP contribution in [0.1, 0.15) is 25.6 Å². The molecule has 0 bridgehead atoms. The van der Waals surface area contributed by atoms with Gasteiger partial charge in [-0.1, -0.05) is 0 Å². The maximum Gasteiger partial charge on any atom is 0.279 e. The zero-order valence-corrected chi connectivity index (χ0v) is 16.7. The minimum atomic E-state index is -2.79. The number of aromatic amines is 1. The molecule has 2 unspecified atom stereocenters. The number of H-pyrrole nitrogens is 1. The summed E-state index contributed by atoms with van der Waals surface area (Å²) >= 11 is 1.88. The molecule has 0 aromatic carbocycles. The monoisotopic (exact) mass is 406 g/mol. The number of allylic oxidation sites excluding steroid dienone is 1. The van der Waals surface area contributed by atoms with Crippen molar-refractivity contribution < 1.29 is 8.78 Å². The van der Waals surface area contributed by atoms with Crippen molar-refractivity contribution in [3.8, 4) is 11.4 Å². The summed E-state index contributed by atoms with van der Waals surface area (Å²) in [6, 6.07) is 2.34. The summed E-state index contributed by atoms with van der Waals surface area (Å²) in [4.78, 5) is 18.3. The number of piperidine rings is 1. The second kappa shape index (κ2) is 9.27. The van der Waals surface area contributed by atoms with Gasteiger partial charge in [-0.25, -0.2) is 23.7 Å². The number of alkyl halides is 2. The molecule has 150 valence electrons. The third kappa shape index (κ3) is 4.76. The van der Waals surface area contributed by atoms with Gasteiger partial charge in [-0.2, -0.15) is 11.8 Å². The minimum Gasteiger partial charge on any atom is -0.353 e. The van der Waals surface area contributed by atoms with Crippen LogP contribution in [0, 0.1) is 11.3 Å². The van der Waals surface area contributed by atoms with Gasteiger partial charge in [-0.05, 0) is 49.8 Å². The van der Waals surface area contributed by atoms with Crippen LogP contribution in [0.25, 0.3) is 17.5 Å². The molecule has 1 saturated heterocycles. The number of aromatic nitrogens is 4. The summed E-state index contributed by atoms with van der Waals surface area (Å²) in [5.74, 6) is 3.05. The summed E-state index contributed by atoms with van der Waals surface area (Å²) < 4.78 is 24.8. The fourth-order valence-corrected chi connectivity index (χ4v) is 4.30. The molecule has 2 aromatic heterocycles. The van der Waals surface area contributed by atoms with E-state index in [4.69, 9.17) is 5.41 Å². The second-order valence-electron chi connectivity index (χ2n) is 6.82. The Morgan fingerprint density at radius 3 is 3.00 bits per heavy atom. The standard InChI is InChI=1S/C19H24F2N6S/c1-12-13(10-28-2)4-3-7-27(12)18-8-15(24-11-25-18)16-9-23-17(26-16)6-5-14(22)19(20)21/h5-6,8-9,11-13,19,22H,3-4,7,10H2,1-2H3,(H,23,26)/b6-5-,22-14?. The number of nitrogens with one attached hydrogen (secondary N) is 2. The Morgan fingerprint density at radius 1 is 1.43 bits per heavy atom. The number of anilines is 1. The third-order valence-electron chi connectivity index (χ3n) is 5.00. The van der Waals surface area contributed by atoms with Crippen LogP contribution >= 0.6 is 11.8 Å². The molecule has 2 N–H and O–H groups in total. The number of imidazole rings is 1. The highest BCUT2D eigenvalue weighted by Crippen LogP contribution is 2.30. The molecule has 3 rings (SSSR count). The number of hydrogen-bond acceptors (Lipinski definition) is 6. The van der Waals surface area contributed by atoms with Crippen LogP contribution in [-0.4, -0.2) is 56.7 Å². The molecule has 2 aromatic rings. The van der Waals surface area contributed by atoms with Crippen LogP contribution in [0.2, 0.25) is 0 Å². The van der Waals surface area contributed by atoms with Gasteiger partial charge in [0.05, 0.1) is 23.3 Å². The summed E-state index contributed by atoms with van der Waals surface area (Å²) in [6.07, 6.45) is 7.27. The first-order valence-corrected chi connectivity index (χ1v) is 10.6. The van der Waals surface area contributed by atoms with Crippen molar-refractivity contribution in [1.29, 1.82) is 5.41 Å². The lowest BCUT2D eigenvalue weighted by atomic mass is 9.92. The average Bonchev–Trinajstić information content (AvgIpc) is 3.17. The van der Waals surface area contributed by atoms with Crippen LogP contribution in [0.5, 0.6) is 0 Å². The van der Waals surface area contributed by atoms with Crippen molar-refractivity contribution in [3.63, 3.8) is 0 Å². The van der Waals surface area contributed by atoms with Crippen LogP contribution in [0.15, 0.2) is 24.7 Å². The van der Waals surface area contributed by atoms with Crippen LogP contribution in [-0.2, 0) is 0 Å². The Kier molecular flexibility index (Phi) is 6.77. The van der Waals surface area contributed by atoms with Crippen LogP contribution in [0.3, 0.4) is 0 Å². The Labute approximate surface area is 167 Å². The molecule has 28 heavy (non-hydrogen) atoms. The summed E-state index contributed by atoms with van der Waals surface area (Å²) in [7, 11) is 0.